The second-order valence-electron chi connectivity index (χ2n) is 5.37. The maximum Gasteiger partial charge on any atom is 0.261 e. The van der Waals surface area contributed by atoms with Crippen molar-refractivity contribution in [3.8, 4) is 5.75 Å². The van der Waals surface area contributed by atoms with Gasteiger partial charge in [0, 0.05) is 29.8 Å². The van der Waals surface area contributed by atoms with Crippen LogP contribution in [0.2, 0.25) is 5.02 Å². The summed E-state index contributed by atoms with van der Waals surface area (Å²) in [6.07, 6.45) is 1.67. The first kappa shape index (κ1) is 20.2. The van der Waals surface area contributed by atoms with Crippen LogP contribution in [0.5, 0.6) is 5.75 Å². The molecule has 9 heteroatoms. The highest BCUT2D eigenvalue weighted by atomic mass is 35.5. The van der Waals surface area contributed by atoms with Gasteiger partial charge in [0.15, 0.2) is 11.7 Å². The van der Waals surface area contributed by atoms with Gasteiger partial charge in [0.1, 0.15) is 12.3 Å². The van der Waals surface area contributed by atoms with E-state index in [1.165, 1.54) is 23.3 Å². The van der Waals surface area contributed by atoms with E-state index in [2.05, 4.69) is 10.3 Å². The highest BCUT2D eigenvalue weighted by molar-refractivity contribution is 7.15. The smallest absolute Gasteiger partial charge is 0.261 e. The van der Waals surface area contributed by atoms with E-state index in [4.69, 9.17) is 21.1 Å². The van der Waals surface area contributed by atoms with E-state index < -0.39 is 0 Å². The maximum absolute atomic E-state index is 12.4. The lowest BCUT2D eigenvalue weighted by molar-refractivity contribution is -0.137. The molecular weight excluding hydrogens is 378 g/mol. The fraction of sp³-hybridized carbons (Fsp3) is 0.353. The van der Waals surface area contributed by atoms with Gasteiger partial charge in [-0.1, -0.05) is 11.6 Å². The van der Waals surface area contributed by atoms with Gasteiger partial charge in [-0.25, -0.2) is 4.98 Å². The molecule has 2 aromatic rings. The Morgan fingerprint density at radius 3 is 2.65 bits per heavy atom. The third kappa shape index (κ3) is 6.62. The monoisotopic (exact) mass is 397 g/mol. The lowest BCUT2D eigenvalue weighted by Gasteiger charge is -2.21. The molecule has 1 heterocycles. The number of rotatable bonds is 9. The van der Waals surface area contributed by atoms with Crippen LogP contribution in [0.4, 0.5) is 5.13 Å². The molecular formula is C17H20ClN3O4S. The molecule has 0 bridgehead atoms. The van der Waals surface area contributed by atoms with Gasteiger partial charge in [-0.05, 0) is 31.2 Å². The van der Waals surface area contributed by atoms with E-state index in [0.717, 1.165) is 4.88 Å². The minimum absolute atomic E-state index is 0.106. The van der Waals surface area contributed by atoms with Gasteiger partial charge < -0.3 is 19.7 Å². The molecule has 0 atom stereocenters. The molecule has 1 aromatic heterocycles. The third-order valence-corrected chi connectivity index (χ3v) is 4.38. The summed E-state index contributed by atoms with van der Waals surface area (Å²) >= 11 is 7.19. The Kier molecular flexibility index (Phi) is 7.83. The van der Waals surface area contributed by atoms with Crippen LogP contribution in [0.1, 0.15) is 4.88 Å². The number of methoxy groups -OCH3 is 1. The van der Waals surface area contributed by atoms with Crippen molar-refractivity contribution in [3.63, 3.8) is 0 Å². The van der Waals surface area contributed by atoms with Crippen molar-refractivity contribution < 1.29 is 19.1 Å². The van der Waals surface area contributed by atoms with Crippen molar-refractivity contribution in [2.45, 2.75) is 6.92 Å². The Morgan fingerprint density at radius 1 is 1.31 bits per heavy atom. The molecule has 0 aliphatic rings. The second-order valence-corrected chi connectivity index (χ2v) is 7.05. The number of hydrogen-bond donors (Lipinski definition) is 1. The van der Waals surface area contributed by atoms with Gasteiger partial charge in [-0.2, -0.15) is 0 Å². The summed E-state index contributed by atoms with van der Waals surface area (Å²) in [6.45, 7) is 2.20. The zero-order valence-corrected chi connectivity index (χ0v) is 16.1. The lowest BCUT2D eigenvalue weighted by atomic mass is 10.3. The second kappa shape index (κ2) is 10.1. The number of carbonyl (C=O) groups excluding carboxylic acids is 2. The number of halogens is 1. The molecule has 0 unspecified atom stereocenters. The highest BCUT2D eigenvalue weighted by Crippen LogP contribution is 2.17. The summed E-state index contributed by atoms with van der Waals surface area (Å²) in [5, 5.41) is 3.77. The number of anilines is 1. The van der Waals surface area contributed by atoms with Crippen molar-refractivity contribution in [2.24, 2.45) is 0 Å². The Labute approximate surface area is 160 Å². The van der Waals surface area contributed by atoms with E-state index in [-0.39, 0.29) is 31.5 Å². The molecule has 2 rings (SSSR count). The number of thiazole rings is 1. The fourth-order valence-corrected chi connectivity index (χ4v) is 2.81. The molecule has 7 nitrogen and oxygen atoms in total. The number of carbonyl (C=O) groups is 2. The SMILES string of the molecule is COCCN(CC(=O)Nc1ncc(C)s1)C(=O)COc1ccc(Cl)cc1. The van der Waals surface area contributed by atoms with Crippen LogP contribution in [0, 0.1) is 6.92 Å². The zero-order chi connectivity index (χ0) is 18.9. The highest BCUT2D eigenvalue weighted by Gasteiger charge is 2.18. The van der Waals surface area contributed by atoms with Gasteiger partial charge in [0.25, 0.3) is 5.91 Å². The number of aromatic nitrogens is 1. The topological polar surface area (TPSA) is 80.8 Å². The number of amides is 2. The van der Waals surface area contributed by atoms with Crippen LogP contribution < -0.4 is 10.1 Å². The molecule has 1 aromatic carbocycles. The maximum atomic E-state index is 12.4. The van der Waals surface area contributed by atoms with E-state index in [1.54, 1.807) is 30.5 Å². The Bertz CT molecular complexity index is 736. The number of hydrogen-bond acceptors (Lipinski definition) is 6. The molecule has 2 amide bonds. The summed E-state index contributed by atoms with van der Waals surface area (Å²) in [7, 11) is 1.53. The van der Waals surface area contributed by atoms with Crippen molar-refractivity contribution in [1.29, 1.82) is 0 Å². The van der Waals surface area contributed by atoms with Crippen molar-refractivity contribution >= 4 is 39.9 Å². The molecule has 0 aliphatic heterocycles. The zero-order valence-electron chi connectivity index (χ0n) is 14.5. The van der Waals surface area contributed by atoms with Crippen LogP contribution in [-0.4, -0.2) is 55.1 Å². The van der Waals surface area contributed by atoms with Gasteiger partial charge in [0.2, 0.25) is 5.91 Å². The first-order valence-corrected chi connectivity index (χ1v) is 9.04. The van der Waals surface area contributed by atoms with E-state index in [1.807, 2.05) is 6.92 Å². The van der Waals surface area contributed by atoms with Crippen molar-refractivity contribution in [2.75, 3.05) is 38.7 Å². The molecule has 140 valence electrons. The summed E-state index contributed by atoms with van der Waals surface area (Å²) in [5.41, 5.74) is 0. The van der Waals surface area contributed by atoms with Gasteiger partial charge in [0.05, 0.1) is 6.61 Å². The van der Waals surface area contributed by atoms with Crippen LogP contribution >= 0.6 is 22.9 Å². The summed E-state index contributed by atoms with van der Waals surface area (Å²) in [4.78, 5) is 31.0. The van der Waals surface area contributed by atoms with Gasteiger partial charge in [-0.3, -0.25) is 9.59 Å². The number of aryl methyl sites for hydroxylation is 1. The van der Waals surface area contributed by atoms with E-state index in [0.29, 0.717) is 22.5 Å². The number of ether oxygens (including phenoxy) is 2. The predicted molar refractivity (Wildman–Crippen MR) is 101 cm³/mol. The van der Waals surface area contributed by atoms with E-state index >= 15 is 0 Å². The summed E-state index contributed by atoms with van der Waals surface area (Å²) in [5.74, 6) is -0.116. The van der Waals surface area contributed by atoms with Crippen LogP contribution in [0.3, 0.4) is 0 Å². The van der Waals surface area contributed by atoms with Gasteiger partial charge >= 0.3 is 0 Å². The number of nitrogens with zero attached hydrogens (tertiary/aromatic N) is 2. The van der Waals surface area contributed by atoms with Crippen LogP contribution in [-0.2, 0) is 14.3 Å². The molecule has 0 radical (unpaired) electrons. The lowest BCUT2D eigenvalue weighted by Crippen LogP contribution is -2.42. The third-order valence-electron chi connectivity index (χ3n) is 3.30. The molecule has 0 aliphatic carbocycles. The average molecular weight is 398 g/mol. The summed E-state index contributed by atoms with van der Waals surface area (Å²) in [6, 6.07) is 6.69. The molecule has 0 saturated carbocycles. The Balaban J connectivity index is 1.90. The first-order chi connectivity index (χ1) is 12.5. The van der Waals surface area contributed by atoms with Crippen molar-refractivity contribution in [3.05, 3.63) is 40.4 Å². The van der Waals surface area contributed by atoms with Gasteiger partial charge in [-0.15, -0.1) is 11.3 Å². The Hall–Kier alpha value is -2.16. The molecule has 0 fully saturated rings. The predicted octanol–water partition coefficient (Wildman–Crippen LogP) is 2.60. The first-order valence-electron chi connectivity index (χ1n) is 7.85. The molecule has 1 N–H and O–H groups in total. The fourth-order valence-electron chi connectivity index (χ4n) is 2.01. The Morgan fingerprint density at radius 2 is 2.04 bits per heavy atom. The average Bonchev–Trinajstić information content (AvgIpc) is 3.02. The normalized spacial score (nSPS) is 10.4. The standard InChI is InChI=1S/C17H20ClN3O4S/c1-12-9-19-17(26-12)20-15(22)10-21(7-8-24-2)16(23)11-25-14-5-3-13(18)4-6-14/h3-6,9H,7-8,10-11H2,1-2H3,(H,19,20,22). The number of nitrogens with one attached hydrogen (secondary N) is 1. The van der Waals surface area contributed by atoms with Crippen LogP contribution in [0.25, 0.3) is 0 Å². The largest absolute Gasteiger partial charge is 0.484 e. The van der Waals surface area contributed by atoms with E-state index in [9.17, 15) is 9.59 Å². The minimum atomic E-state index is -0.324. The molecule has 0 saturated heterocycles. The van der Waals surface area contributed by atoms with Crippen LogP contribution in [0.15, 0.2) is 30.5 Å². The molecule has 26 heavy (non-hydrogen) atoms. The minimum Gasteiger partial charge on any atom is -0.484 e. The number of benzene rings is 1. The quantitative estimate of drug-likeness (QED) is 0.703. The van der Waals surface area contributed by atoms with Crippen molar-refractivity contribution in [1.82, 2.24) is 9.88 Å². The molecule has 0 spiro atoms. The summed E-state index contributed by atoms with van der Waals surface area (Å²) < 4.78 is 10.5.